The normalized spacial score (nSPS) is 19.6. The van der Waals surface area contributed by atoms with Gasteiger partial charge in [0.15, 0.2) is 0 Å². The Bertz CT molecular complexity index is 1000. The first-order valence-corrected chi connectivity index (χ1v) is 8.30. The molecule has 6 nitrogen and oxygen atoms in total. The smallest absolute Gasteiger partial charge is 0.347 e. The van der Waals surface area contributed by atoms with E-state index in [2.05, 4.69) is 5.10 Å². The van der Waals surface area contributed by atoms with Gasteiger partial charge in [-0.25, -0.2) is 23.9 Å². The van der Waals surface area contributed by atoms with Crippen molar-refractivity contribution in [1.82, 2.24) is 14.3 Å². The summed E-state index contributed by atoms with van der Waals surface area (Å²) in [6.07, 6.45) is 6.33. The summed E-state index contributed by atoms with van der Waals surface area (Å²) in [6.45, 7) is 2.26. The molecule has 0 aliphatic heterocycles. The van der Waals surface area contributed by atoms with Crippen LogP contribution in [0.2, 0.25) is 0 Å². The number of aromatic amines is 1. The summed E-state index contributed by atoms with van der Waals surface area (Å²) in [7, 11) is 0. The van der Waals surface area contributed by atoms with Crippen LogP contribution in [0.5, 0.6) is 0 Å². The van der Waals surface area contributed by atoms with Gasteiger partial charge in [-0.2, -0.15) is 0 Å². The molecule has 1 aliphatic rings. The second-order valence-electron chi connectivity index (χ2n) is 6.41. The predicted octanol–water partition coefficient (Wildman–Crippen LogP) is 2.57. The van der Waals surface area contributed by atoms with Gasteiger partial charge in [0.2, 0.25) is 0 Å². The van der Waals surface area contributed by atoms with Crippen LogP contribution in [-0.2, 0) is 6.54 Å². The standard InChI is InChI=1S/C19H19N3O3/c1-13-7-9-14(10-8-13)12-21-18(23)20-22(19(21)24)16-5-2-4-15(16)17-6-3-11-25-17/h2-4,6-11,15-16H,5,12H2,1H3,(H,20,23)/t15-,16-/m0/s1. The van der Waals surface area contributed by atoms with Crippen LogP contribution in [0.15, 0.2) is 68.8 Å². The van der Waals surface area contributed by atoms with Gasteiger partial charge in [0.25, 0.3) is 0 Å². The van der Waals surface area contributed by atoms with Gasteiger partial charge in [-0.3, -0.25) is 0 Å². The molecule has 0 bridgehead atoms. The van der Waals surface area contributed by atoms with Crippen LogP contribution in [0.1, 0.15) is 35.3 Å². The number of allylic oxidation sites excluding steroid dienone is 2. The number of aromatic nitrogens is 3. The maximum absolute atomic E-state index is 12.8. The van der Waals surface area contributed by atoms with E-state index in [-0.39, 0.29) is 24.2 Å². The Labute approximate surface area is 144 Å². The van der Waals surface area contributed by atoms with E-state index in [1.807, 2.05) is 55.5 Å². The molecule has 2 heterocycles. The van der Waals surface area contributed by atoms with Gasteiger partial charge in [0.05, 0.1) is 24.8 Å². The van der Waals surface area contributed by atoms with Crippen molar-refractivity contribution < 1.29 is 4.42 Å². The molecule has 0 spiro atoms. The molecule has 6 heteroatoms. The predicted molar refractivity (Wildman–Crippen MR) is 93.8 cm³/mol. The van der Waals surface area contributed by atoms with Crippen LogP contribution in [0.4, 0.5) is 0 Å². The molecular formula is C19H19N3O3. The molecule has 0 saturated heterocycles. The van der Waals surface area contributed by atoms with Crippen LogP contribution < -0.4 is 11.4 Å². The van der Waals surface area contributed by atoms with Gasteiger partial charge < -0.3 is 4.42 Å². The summed E-state index contributed by atoms with van der Waals surface area (Å²) in [4.78, 5) is 25.1. The molecule has 0 fully saturated rings. The molecule has 0 radical (unpaired) electrons. The Kier molecular flexibility index (Phi) is 3.80. The molecule has 1 N–H and O–H groups in total. The topological polar surface area (TPSA) is 72.9 Å². The molecule has 4 rings (SSSR count). The van der Waals surface area contributed by atoms with Crippen LogP contribution in [-0.4, -0.2) is 14.3 Å². The van der Waals surface area contributed by atoms with Crippen LogP contribution in [0.3, 0.4) is 0 Å². The summed E-state index contributed by atoms with van der Waals surface area (Å²) in [5.74, 6) is 0.733. The first kappa shape index (κ1) is 15.5. The van der Waals surface area contributed by atoms with Crippen molar-refractivity contribution in [2.75, 3.05) is 0 Å². The number of aryl methyl sites for hydroxylation is 1. The average Bonchev–Trinajstić information content (AvgIpc) is 3.32. The Balaban J connectivity index is 1.67. The number of hydrogen-bond donors (Lipinski definition) is 1. The van der Waals surface area contributed by atoms with Gasteiger partial charge in [0, 0.05) is 0 Å². The SMILES string of the molecule is Cc1ccc(Cn2c(=O)[nH]n([C@H]3CC=C[C@@H]3c3ccco3)c2=O)cc1. The summed E-state index contributed by atoms with van der Waals surface area (Å²) >= 11 is 0. The van der Waals surface area contributed by atoms with Crippen LogP contribution in [0.25, 0.3) is 0 Å². The van der Waals surface area contributed by atoms with Crippen molar-refractivity contribution in [3.8, 4) is 0 Å². The largest absolute Gasteiger partial charge is 0.469 e. The quantitative estimate of drug-likeness (QED) is 0.744. The van der Waals surface area contributed by atoms with E-state index < -0.39 is 5.69 Å². The maximum Gasteiger partial charge on any atom is 0.347 e. The number of nitrogens with zero attached hydrogens (tertiary/aromatic N) is 2. The van der Waals surface area contributed by atoms with Crippen molar-refractivity contribution in [2.24, 2.45) is 0 Å². The summed E-state index contributed by atoms with van der Waals surface area (Å²) in [5, 5.41) is 2.71. The minimum absolute atomic E-state index is 0.0569. The van der Waals surface area contributed by atoms with Crippen LogP contribution >= 0.6 is 0 Å². The monoisotopic (exact) mass is 337 g/mol. The summed E-state index contributed by atoms with van der Waals surface area (Å²) in [5.41, 5.74) is 1.34. The third kappa shape index (κ3) is 2.80. The number of H-pyrrole nitrogens is 1. The second kappa shape index (κ2) is 6.12. The molecule has 1 aromatic carbocycles. The molecule has 0 unspecified atom stereocenters. The molecule has 2 aromatic heterocycles. The van der Waals surface area contributed by atoms with E-state index in [0.717, 1.165) is 16.9 Å². The minimum Gasteiger partial charge on any atom is -0.469 e. The summed E-state index contributed by atoms with van der Waals surface area (Å²) < 4.78 is 8.16. The van der Waals surface area contributed by atoms with E-state index in [9.17, 15) is 9.59 Å². The lowest BCUT2D eigenvalue weighted by Gasteiger charge is -2.17. The van der Waals surface area contributed by atoms with Gasteiger partial charge in [-0.15, -0.1) is 0 Å². The average molecular weight is 337 g/mol. The van der Waals surface area contributed by atoms with E-state index in [0.29, 0.717) is 6.42 Å². The van der Waals surface area contributed by atoms with Gasteiger partial charge in [-0.1, -0.05) is 42.0 Å². The molecular weight excluding hydrogens is 318 g/mol. The van der Waals surface area contributed by atoms with Crippen molar-refractivity contribution in [3.05, 3.63) is 92.7 Å². The number of nitrogens with one attached hydrogen (secondary N) is 1. The fourth-order valence-electron chi connectivity index (χ4n) is 3.34. The highest BCUT2D eigenvalue weighted by Gasteiger charge is 2.30. The minimum atomic E-state index is -0.393. The first-order valence-electron chi connectivity index (χ1n) is 8.30. The lowest BCUT2D eigenvalue weighted by molar-refractivity contribution is 0.376. The van der Waals surface area contributed by atoms with Crippen molar-refractivity contribution in [1.29, 1.82) is 0 Å². The number of rotatable bonds is 4. The maximum atomic E-state index is 12.8. The second-order valence-corrected chi connectivity index (χ2v) is 6.41. The van der Waals surface area contributed by atoms with E-state index in [1.54, 1.807) is 6.26 Å². The Morgan fingerprint density at radius 1 is 1.20 bits per heavy atom. The van der Waals surface area contributed by atoms with Crippen LogP contribution in [0, 0.1) is 6.92 Å². The lowest BCUT2D eigenvalue weighted by atomic mass is 10.0. The molecule has 0 amide bonds. The highest BCUT2D eigenvalue weighted by atomic mass is 16.3. The lowest BCUT2D eigenvalue weighted by Crippen LogP contribution is -2.31. The number of hydrogen-bond acceptors (Lipinski definition) is 3. The molecule has 0 saturated carbocycles. The van der Waals surface area contributed by atoms with Crippen molar-refractivity contribution in [2.45, 2.75) is 31.8 Å². The first-order chi connectivity index (χ1) is 12.1. The molecule has 3 aromatic rings. The van der Waals surface area contributed by atoms with E-state index in [1.165, 1.54) is 9.25 Å². The zero-order chi connectivity index (χ0) is 17.4. The molecule has 2 atom stereocenters. The fraction of sp³-hybridized carbons (Fsp3) is 0.263. The zero-order valence-corrected chi connectivity index (χ0v) is 13.9. The third-order valence-electron chi connectivity index (χ3n) is 4.70. The Hall–Kier alpha value is -3.02. The molecule has 25 heavy (non-hydrogen) atoms. The van der Waals surface area contributed by atoms with Gasteiger partial charge in [-0.05, 0) is 31.0 Å². The molecule has 1 aliphatic carbocycles. The van der Waals surface area contributed by atoms with Gasteiger partial charge in [0.1, 0.15) is 5.76 Å². The third-order valence-corrected chi connectivity index (χ3v) is 4.70. The summed E-state index contributed by atoms with van der Waals surface area (Å²) in [6, 6.07) is 11.3. The highest BCUT2D eigenvalue weighted by Crippen LogP contribution is 2.36. The zero-order valence-electron chi connectivity index (χ0n) is 13.9. The Morgan fingerprint density at radius 3 is 2.72 bits per heavy atom. The highest BCUT2D eigenvalue weighted by molar-refractivity contribution is 5.22. The number of furan rings is 1. The number of benzene rings is 1. The fourth-order valence-corrected chi connectivity index (χ4v) is 3.34. The Morgan fingerprint density at radius 2 is 2.00 bits per heavy atom. The van der Waals surface area contributed by atoms with Crippen molar-refractivity contribution in [3.63, 3.8) is 0 Å². The van der Waals surface area contributed by atoms with Crippen molar-refractivity contribution >= 4 is 0 Å². The molecule has 128 valence electrons. The van der Waals surface area contributed by atoms with E-state index in [4.69, 9.17) is 4.42 Å². The van der Waals surface area contributed by atoms with E-state index >= 15 is 0 Å². The van der Waals surface area contributed by atoms with Gasteiger partial charge >= 0.3 is 11.4 Å².